The largest absolute Gasteiger partial charge is 0.326 e. The standard InChI is InChI=1S/C16H19ClN4/c1-11-5-4-6-14-15(11)21(16(19-14)12(2)17)10-8-13-7-9-18-20(13)3/h4-7,9,12H,8,10H2,1-3H3. The predicted octanol–water partition coefficient (Wildman–Crippen LogP) is 3.62. The number of fused-ring (bicyclic) bond motifs is 1. The van der Waals surface area contributed by atoms with E-state index in [1.54, 1.807) is 0 Å². The van der Waals surface area contributed by atoms with Gasteiger partial charge in [0.25, 0.3) is 0 Å². The van der Waals surface area contributed by atoms with E-state index in [1.807, 2.05) is 37.0 Å². The molecular formula is C16H19ClN4. The summed E-state index contributed by atoms with van der Waals surface area (Å²) >= 11 is 6.32. The number of imidazole rings is 1. The zero-order valence-corrected chi connectivity index (χ0v) is 13.3. The molecule has 2 aromatic heterocycles. The quantitative estimate of drug-likeness (QED) is 0.690. The van der Waals surface area contributed by atoms with Crippen molar-refractivity contribution in [3.05, 3.63) is 47.5 Å². The lowest BCUT2D eigenvalue weighted by atomic mass is 10.2. The number of hydrogen-bond acceptors (Lipinski definition) is 2. The van der Waals surface area contributed by atoms with Crippen molar-refractivity contribution in [2.75, 3.05) is 0 Å². The molecule has 0 aliphatic carbocycles. The monoisotopic (exact) mass is 302 g/mol. The lowest BCUT2D eigenvalue weighted by Gasteiger charge is -2.11. The minimum Gasteiger partial charge on any atom is -0.326 e. The number of para-hydroxylation sites is 1. The van der Waals surface area contributed by atoms with Gasteiger partial charge in [0.2, 0.25) is 0 Å². The number of nitrogens with zero attached hydrogens (tertiary/aromatic N) is 4. The molecule has 0 amide bonds. The topological polar surface area (TPSA) is 35.6 Å². The highest BCUT2D eigenvalue weighted by atomic mass is 35.5. The van der Waals surface area contributed by atoms with E-state index in [9.17, 15) is 0 Å². The lowest BCUT2D eigenvalue weighted by molar-refractivity contribution is 0.624. The van der Waals surface area contributed by atoms with E-state index in [0.717, 1.165) is 24.3 Å². The Morgan fingerprint density at radius 2 is 2.10 bits per heavy atom. The summed E-state index contributed by atoms with van der Waals surface area (Å²) in [4.78, 5) is 4.70. The number of alkyl halides is 1. The van der Waals surface area contributed by atoms with Gasteiger partial charge in [-0.15, -0.1) is 11.6 Å². The van der Waals surface area contributed by atoms with Gasteiger partial charge < -0.3 is 4.57 Å². The fraction of sp³-hybridized carbons (Fsp3) is 0.375. The Labute approximate surface area is 129 Å². The lowest BCUT2D eigenvalue weighted by Crippen LogP contribution is -2.09. The molecule has 0 aliphatic heterocycles. The van der Waals surface area contributed by atoms with E-state index in [1.165, 1.54) is 16.8 Å². The Morgan fingerprint density at radius 3 is 2.76 bits per heavy atom. The summed E-state index contributed by atoms with van der Waals surface area (Å²) in [5.41, 5.74) is 4.64. The number of halogens is 1. The minimum atomic E-state index is -0.108. The SMILES string of the molecule is Cc1cccc2nc(C(C)Cl)n(CCc3ccnn3C)c12. The van der Waals surface area contributed by atoms with Gasteiger partial charge in [0, 0.05) is 31.9 Å². The molecule has 0 aliphatic rings. The first-order valence-electron chi connectivity index (χ1n) is 7.14. The van der Waals surface area contributed by atoms with Gasteiger partial charge in [0.15, 0.2) is 0 Å². The molecule has 1 aromatic carbocycles. The van der Waals surface area contributed by atoms with Crippen LogP contribution in [0.2, 0.25) is 0 Å². The first kappa shape index (κ1) is 14.1. The molecule has 5 heteroatoms. The Bertz CT molecular complexity index is 770. The van der Waals surface area contributed by atoms with E-state index in [-0.39, 0.29) is 5.38 Å². The van der Waals surface area contributed by atoms with Crippen LogP contribution in [0, 0.1) is 6.92 Å². The van der Waals surface area contributed by atoms with Crippen LogP contribution in [-0.2, 0) is 20.0 Å². The third-order valence-electron chi connectivity index (χ3n) is 3.87. The zero-order valence-electron chi connectivity index (χ0n) is 12.5. The molecule has 1 atom stereocenters. The van der Waals surface area contributed by atoms with Crippen molar-refractivity contribution in [3.63, 3.8) is 0 Å². The Balaban J connectivity index is 2.03. The van der Waals surface area contributed by atoms with E-state index in [2.05, 4.69) is 28.7 Å². The van der Waals surface area contributed by atoms with Gasteiger partial charge in [-0.05, 0) is 31.5 Å². The number of hydrogen-bond donors (Lipinski definition) is 0. The second kappa shape index (κ2) is 5.53. The summed E-state index contributed by atoms with van der Waals surface area (Å²) in [6, 6.07) is 8.26. The number of aromatic nitrogens is 4. The van der Waals surface area contributed by atoms with Gasteiger partial charge in [-0.1, -0.05) is 12.1 Å². The molecule has 0 fully saturated rings. The van der Waals surface area contributed by atoms with Gasteiger partial charge in [-0.25, -0.2) is 4.98 Å². The van der Waals surface area contributed by atoms with E-state index in [4.69, 9.17) is 16.6 Å². The third kappa shape index (κ3) is 2.56. The summed E-state index contributed by atoms with van der Waals surface area (Å²) in [6.45, 7) is 4.94. The molecule has 3 aromatic rings. The summed E-state index contributed by atoms with van der Waals surface area (Å²) in [7, 11) is 1.97. The minimum absolute atomic E-state index is 0.108. The van der Waals surface area contributed by atoms with Crippen LogP contribution in [0.1, 0.15) is 29.4 Å². The van der Waals surface area contributed by atoms with Crippen LogP contribution < -0.4 is 0 Å². The molecule has 0 N–H and O–H groups in total. The molecule has 2 heterocycles. The molecular weight excluding hydrogens is 284 g/mol. The van der Waals surface area contributed by atoms with Crippen molar-refractivity contribution in [1.29, 1.82) is 0 Å². The van der Waals surface area contributed by atoms with Gasteiger partial charge in [-0.3, -0.25) is 4.68 Å². The molecule has 21 heavy (non-hydrogen) atoms. The fourth-order valence-corrected chi connectivity index (χ4v) is 2.95. The van der Waals surface area contributed by atoms with E-state index >= 15 is 0 Å². The Kier molecular flexibility index (Phi) is 3.72. The molecule has 3 rings (SSSR count). The van der Waals surface area contributed by atoms with Crippen LogP contribution in [0.4, 0.5) is 0 Å². The maximum atomic E-state index is 6.32. The summed E-state index contributed by atoms with van der Waals surface area (Å²) in [5.74, 6) is 0.933. The highest BCUT2D eigenvalue weighted by molar-refractivity contribution is 6.20. The second-order valence-corrected chi connectivity index (χ2v) is 6.03. The molecule has 0 saturated heterocycles. The van der Waals surface area contributed by atoms with Gasteiger partial charge >= 0.3 is 0 Å². The average molecular weight is 303 g/mol. The predicted molar refractivity (Wildman–Crippen MR) is 85.7 cm³/mol. The molecule has 1 unspecified atom stereocenters. The van der Waals surface area contributed by atoms with Crippen LogP contribution in [-0.4, -0.2) is 19.3 Å². The number of rotatable bonds is 4. The summed E-state index contributed by atoms with van der Waals surface area (Å²) in [5, 5.41) is 4.11. The van der Waals surface area contributed by atoms with Gasteiger partial charge in [0.05, 0.1) is 16.4 Å². The first-order chi connectivity index (χ1) is 10.1. The summed E-state index contributed by atoms with van der Waals surface area (Å²) in [6.07, 6.45) is 2.74. The van der Waals surface area contributed by atoms with Crippen molar-refractivity contribution < 1.29 is 0 Å². The van der Waals surface area contributed by atoms with Gasteiger partial charge in [0.1, 0.15) is 5.82 Å². The van der Waals surface area contributed by atoms with Crippen molar-refractivity contribution in [1.82, 2.24) is 19.3 Å². The molecule has 0 bridgehead atoms. The second-order valence-electron chi connectivity index (χ2n) is 5.38. The van der Waals surface area contributed by atoms with Crippen LogP contribution >= 0.6 is 11.6 Å². The third-order valence-corrected chi connectivity index (χ3v) is 4.06. The van der Waals surface area contributed by atoms with E-state index < -0.39 is 0 Å². The molecule has 0 saturated carbocycles. The maximum Gasteiger partial charge on any atom is 0.127 e. The number of aryl methyl sites for hydroxylation is 4. The van der Waals surface area contributed by atoms with Crippen LogP contribution in [0.15, 0.2) is 30.5 Å². The average Bonchev–Trinajstić information content (AvgIpc) is 3.01. The fourth-order valence-electron chi connectivity index (χ4n) is 2.79. The van der Waals surface area contributed by atoms with Crippen molar-refractivity contribution in [2.24, 2.45) is 7.05 Å². The smallest absolute Gasteiger partial charge is 0.127 e. The van der Waals surface area contributed by atoms with Crippen LogP contribution in [0.25, 0.3) is 11.0 Å². The van der Waals surface area contributed by atoms with Crippen molar-refractivity contribution in [3.8, 4) is 0 Å². The molecule has 4 nitrogen and oxygen atoms in total. The Hall–Kier alpha value is -1.81. The van der Waals surface area contributed by atoms with E-state index in [0.29, 0.717) is 0 Å². The first-order valence-corrected chi connectivity index (χ1v) is 7.58. The molecule has 0 spiro atoms. The highest BCUT2D eigenvalue weighted by Crippen LogP contribution is 2.26. The normalized spacial score (nSPS) is 13.0. The molecule has 0 radical (unpaired) electrons. The number of benzene rings is 1. The molecule has 110 valence electrons. The maximum absolute atomic E-state index is 6.32. The van der Waals surface area contributed by atoms with Crippen molar-refractivity contribution in [2.45, 2.75) is 32.2 Å². The van der Waals surface area contributed by atoms with Crippen LogP contribution in [0.3, 0.4) is 0 Å². The van der Waals surface area contributed by atoms with Crippen LogP contribution in [0.5, 0.6) is 0 Å². The zero-order chi connectivity index (χ0) is 15.0. The van der Waals surface area contributed by atoms with Gasteiger partial charge in [-0.2, -0.15) is 5.10 Å². The highest BCUT2D eigenvalue weighted by Gasteiger charge is 2.16. The van der Waals surface area contributed by atoms with Crippen molar-refractivity contribution >= 4 is 22.6 Å². The summed E-state index contributed by atoms with van der Waals surface area (Å²) < 4.78 is 4.16. The Morgan fingerprint density at radius 1 is 1.29 bits per heavy atom.